The lowest BCUT2D eigenvalue weighted by Gasteiger charge is -2.21. The number of fused-ring (bicyclic) bond motifs is 6. The molecule has 0 amide bonds. The summed E-state index contributed by atoms with van der Waals surface area (Å²) in [7, 11) is 0. The van der Waals surface area contributed by atoms with Gasteiger partial charge in [-0.1, -0.05) is 92.7 Å². The Morgan fingerprint density at radius 1 is 0.571 bits per heavy atom. The van der Waals surface area contributed by atoms with Crippen LogP contribution >= 0.6 is 0 Å². The van der Waals surface area contributed by atoms with Crippen LogP contribution in [-0.4, -0.2) is 4.98 Å². The number of H-pyrrole nitrogens is 1. The third kappa shape index (κ3) is 1.91. The molecule has 1 nitrogen and oxygen atoms in total. The fraction of sp³-hybridized carbons (Fsp3) is 0.111. The van der Waals surface area contributed by atoms with Crippen molar-refractivity contribution in [2.45, 2.75) is 19.3 Å². The molecule has 0 bridgehead atoms. The van der Waals surface area contributed by atoms with Gasteiger partial charge in [0.25, 0.3) is 0 Å². The molecule has 1 aliphatic rings. The highest BCUT2D eigenvalue weighted by molar-refractivity contribution is 6.13. The fourth-order valence-corrected chi connectivity index (χ4v) is 5.08. The highest BCUT2D eigenvalue weighted by Gasteiger charge is 2.36. The lowest BCUT2D eigenvalue weighted by atomic mass is 9.82. The second-order valence-electron chi connectivity index (χ2n) is 8.30. The van der Waals surface area contributed by atoms with Gasteiger partial charge in [-0.3, -0.25) is 0 Å². The van der Waals surface area contributed by atoms with Crippen molar-refractivity contribution in [2.75, 3.05) is 0 Å². The molecule has 0 spiro atoms. The molecule has 1 aliphatic carbocycles. The number of nitrogens with one attached hydrogen (secondary N) is 1. The SMILES string of the molecule is CC1(C)c2ccccc2-c2c(-c3cccc4c3[nH]c3ccccc34)cccc21. The number of aromatic nitrogens is 1. The van der Waals surface area contributed by atoms with E-state index in [0.717, 1.165) is 0 Å². The summed E-state index contributed by atoms with van der Waals surface area (Å²) in [5.74, 6) is 0. The minimum atomic E-state index is 0.0241. The monoisotopic (exact) mass is 359 g/mol. The topological polar surface area (TPSA) is 15.8 Å². The summed E-state index contributed by atoms with van der Waals surface area (Å²) < 4.78 is 0. The molecule has 134 valence electrons. The van der Waals surface area contributed by atoms with E-state index >= 15 is 0 Å². The molecule has 5 aromatic rings. The first-order valence-corrected chi connectivity index (χ1v) is 9.89. The van der Waals surface area contributed by atoms with Crippen LogP contribution in [0.5, 0.6) is 0 Å². The van der Waals surface area contributed by atoms with Crippen molar-refractivity contribution >= 4 is 21.8 Å². The van der Waals surface area contributed by atoms with E-state index in [-0.39, 0.29) is 5.41 Å². The summed E-state index contributed by atoms with van der Waals surface area (Å²) in [5.41, 5.74) is 10.6. The molecule has 0 saturated carbocycles. The predicted octanol–water partition coefficient (Wildman–Crippen LogP) is 7.29. The van der Waals surface area contributed by atoms with E-state index in [9.17, 15) is 0 Å². The maximum atomic E-state index is 3.68. The van der Waals surface area contributed by atoms with Crippen molar-refractivity contribution in [1.29, 1.82) is 0 Å². The Labute approximate surface area is 164 Å². The zero-order valence-electron chi connectivity index (χ0n) is 16.1. The van der Waals surface area contributed by atoms with Gasteiger partial charge in [-0.2, -0.15) is 0 Å². The summed E-state index contributed by atoms with van der Waals surface area (Å²) >= 11 is 0. The largest absolute Gasteiger partial charge is 0.354 e. The van der Waals surface area contributed by atoms with Crippen LogP contribution in [0.15, 0.2) is 84.9 Å². The molecule has 6 rings (SSSR count). The first-order valence-electron chi connectivity index (χ1n) is 9.89. The van der Waals surface area contributed by atoms with Crippen LogP contribution in [0.4, 0.5) is 0 Å². The van der Waals surface area contributed by atoms with Gasteiger partial charge in [-0.25, -0.2) is 0 Å². The van der Waals surface area contributed by atoms with Crippen LogP contribution in [0.3, 0.4) is 0 Å². The van der Waals surface area contributed by atoms with Gasteiger partial charge >= 0.3 is 0 Å². The highest BCUT2D eigenvalue weighted by atomic mass is 14.7. The van der Waals surface area contributed by atoms with Gasteiger partial charge in [-0.05, 0) is 33.9 Å². The van der Waals surface area contributed by atoms with E-state index in [1.807, 2.05) is 0 Å². The van der Waals surface area contributed by atoms with Crippen molar-refractivity contribution in [1.82, 2.24) is 4.98 Å². The molecule has 1 heterocycles. The normalized spacial score (nSPS) is 14.4. The van der Waals surface area contributed by atoms with E-state index in [1.165, 1.54) is 55.2 Å². The van der Waals surface area contributed by atoms with Gasteiger partial charge < -0.3 is 4.98 Å². The van der Waals surface area contributed by atoms with Crippen LogP contribution in [0.2, 0.25) is 0 Å². The van der Waals surface area contributed by atoms with Crippen molar-refractivity contribution in [3.8, 4) is 22.3 Å². The Morgan fingerprint density at radius 2 is 1.21 bits per heavy atom. The molecule has 0 saturated heterocycles. The molecule has 1 heteroatoms. The lowest BCUT2D eigenvalue weighted by Crippen LogP contribution is -2.14. The zero-order valence-corrected chi connectivity index (χ0v) is 16.1. The third-order valence-corrected chi connectivity index (χ3v) is 6.44. The van der Waals surface area contributed by atoms with Crippen molar-refractivity contribution in [3.05, 3.63) is 96.1 Å². The number of aromatic amines is 1. The number of para-hydroxylation sites is 2. The first kappa shape index (κ1) is 15.7. The Morgan fingerprint density at radius 3 is 2.14 bits per heavy atom. The molecule has 28 heavy (non-hydrogen) atoms. The molecule has 0 fully saturated rings. The summed E-state index contributed by atoms with van der Waals surface area (Å²) in [5, 5.41) is 2.57. The Balaban J connectivity index is 1.73. The van der Waals surface area contributed by atoms with Crippen LogP contribution in [0, 0.1) is 0 Å². The molecular formula is C27H21N. The third-order valence-electron chi connectivity index (χ3n) is 6.44. The average Bonchev–Trinajstić information content (AvgIpc) is 3.22. The Bertz CT molecular complexity index is 1380. The second-order valence-corrected chi connectivity index (χ2v) is 8.30. The second kappa shape index (κ2) is 5.36. The zero-order chi connectivity index (χ0) is 18.9. The molecule has 0 radical (unpaired) electrons. The molecule has 1 aromatic heterocycles. The summed E-state index contributed by atoms with van der Waals surface area (Å²) in [6.07, 6.45) is 0. The maximum absolute atomic E-state index is 3.68. The molecule has 0 unspecified atom stereocenters. The first-order chi connectivity index (χ1) is 13.7. The minimum Gasteiger partial charge on any atom is -0.354 e. The van der Waals surface area contributed by atoms with Gasteiger partial charge in [0.05, 0.1) is 5.52 Å². The number of rotatable bonds is 1. The van der Waals surface area contributed by atoms with Gasteiger partial charge in [0.1, 0.15) is 0 Å². The van der Waals surface area contributed by atoms with Crippen molar-refractivity contribution in [2.24, 2.45) is 0 Å². The van der Waals surface area contributed by atoms with Crippen LogP contribution in [0.1, 0.15) is 25.0 Å². The number of benzene rings is 4. The van der Waals surface area contributed by atoms with E-state index in [4.69, 9.17) is 0 Å². The van der Waals surface area contributed by atoms with Crippen molar-refractivity contribution in [3.63, 3.8) is 0 Å². The summed E-state index contributed by atoms with van der Waals surface area (Å²) in [4.78, 5) is 3.68. The summed E-state index contributed by atoms with van der Waals surface area (Å²) in [6, 6.07) is 30.9. The summed E-state index contributed by atoms with van der Waals surface area (Å²) in [6.45, 7) is 4.68. The molecule has 0 atom stereocenters. The quantitative estimate of drug-likeness (QED) is 0.323. The molecule has 1 N–H and O–H groups in total. The molecule has 4 aromatic carbocycles. The van der Waals surface area contributed by atoms with Gasteiger partial charge in [0, 0.05) is 27.3 Å². The maximum Gasteiger partial charge on any atom is 0.0544 e. The average molecular weight is 359 g/mol. The van der Waals surface area contributed by atoms with E-state index in [0.29, 0.717) is 0 Å². The van der Waals surface area contributed by atoms with Crippen molar-refractivity contribution < 1.29 is 0 Å². The molecule has 0 aliphatic heterocycles. The minimum absolute atomic E-state index is 0.0241. The van der Waals surface area contributed by atoms with Crippen LogP contribution in [0.25, 0.3) is 44.1 Å². The van der Waals surface area contributed by atoms with E-state index < -0.39 is 0 Å². The standard InChI is InChI=1S/C27H21N/c1-27(2)22-14-5-3-10-21(22)25-18(11-8-15-23(25)27)20-13-7-12-19-17-9-4-6-16-24(17)28-26(19)20/h3-16,28H,1-2H3. The number of hydrogen-bond acceptors (Lipinski definition) is 0. The van der Waals surface area contributed by atoms with E-state index in [1.54, 1.807) is 0 Å². The van der Waals surface area contributed by atoms with E-state index in [2.05, 4.69) is 104 Å². The predicted molar refractivity (Wildman–Crippen MR) is 119 cm³/mol. The molecular weight excluding hydrogens is 338 g/mol. The number of hydrogen-bond donors (Lipinski definition) is 1. The lowest BCUT2D eigenvalue weighted by molar-refractivity contribution is 0.660. The fourth-order valence-electron chi connectivity index (χ4n) is 5.08. The van der Waals surface area contributed by atoms with Gasteiger partial charge in [-0.15, -0.1) is 0 Å². The van der Waals surface area contributed by atoms with Gasteiger partial charge in [0.15, 0.2) is 0 Å². The smallest absolute Gasteiger partial charge is 0.0544 e. The van der Waals surface area contributed by atoms with Crippen LogP contribution in [-0.2, 0) is 5.41 Å². The van der Waals surface area contributed by atoms with Crippen LogP contribution < -0.4 is 0 Å². The Kier molecular flexibility index (Phi) is 3.01. The highest BCUT2D eigenvalue weighted by Crippen LogP contribution is 2.52. The van der Waals surface area contributed by atoms with Gasteiger partial charge in [0.2, 0.25) is 0 Å². The Hall–Kier alpha value is -3.32.